The molecule has 1 aliphatic carbocycles. The van der Waals surface area contributed by atoms with Crippen LogP contribution in [0.1, 0.15) is 54.0 Å². The van der Waals surface area contributed by atoms with Gasteiger partial charge in [-0.15, -0.1) is 0 Å². The summed E-state index contributed by atoms with van der Waals surface area (Å²) in [5.74, 6) is 1.43. The van der Waals surface area contributed by atoms with Gasteiger partial charge in [0.25, 0.3) is 0 Å². The molecule has 0 saturated heterocycles. The highest BCUT2D eigenvalue weighted by atomic mass is 16.5. The van der Waals surface area contributed by atoms with E-state index in [0.29, 0.717) is 25.3 Å². The van der Waals surface area contributed by atoms with Crippen LogP contribution in [0.4, 0.5) is 5.88 Å². The molecule has 2 aromatic carbocycles. The third-order valence-corrected chi connectivity index (χ3v) is 6.15. The summed E-state index contributed by atoms with van der Waals surface area (Å²) in [6.45, 7) is 4.40. The van der Waals surface area contributed by atoms with E-state index >= 15 is 0 Å². The first-order valence-corrected chi connectivity index (χ1v) is 10.6. The molecular weight excluding hydrogens is 392 g/mol. The first kappa shape index (κ1) is 19.4. The number of nitrogens with one attached hydrogen (secondary N) is 1. The van der Waals surface area contributed by atoms with E-state index in [-0.39, 0.29) is 23.4 Å². The molecule has 0 unspecified atom stereocenters. The van der Waals surface area contributed by atoms with Crippen molar-refractivity contribution in [1.29, 1.82) is 0 Å². The first-order valence-electron chi connectivity index (χ1n) is 10.6. The van der Waals surface area contributed by atoms with Gasteiger partial charge in [-0.25, -0.2) is 0 Å². The van der Waals surface area contributed by atoms with Gasteiger partial charge in [-0.05, 0) is 49.9 Å². The largest absolute Gasteiger partial charge is 0.508 e. The molecule has 6 heteroatoms. The molecule has 0 spiro atoms. The average Bonchev–Trinajstić information content (AvgIpc) is 3.14. The van der Waals surface area contributed by atoms with E-state index in [0.717, 1.165) is 39.4 Å². The Bertz CT molecular complexity index is 1180. The third-order valence-electron chi connectivity index (χ3n) is 6.15. The van der Waals surface area contributed by atoms with Gasteiger partial charge in [-0.1, -0.05) is 35.5 Å². The highest BCUT2D eigenvalue weighted by Crippen LogP contribution is 2.50. The molecule has 2 atom stereocenters. The second-order valence-electron chi connectivity index (χ2n) is 8.05. The summed E-state index contributed by atoms with van der Waals surface area (Å²) >= 11 is 0. The Labute approximate surface area is 180 Å². The number of hydrogen-bond donors (Lipinski definition) is 2. The van der Waals surface area contributed by atoms with Gasteiger partial charge in [0, 0.05) is 23.3 Å². The minimum Gasteiger partial charge on any atom is -0.508 e. The van der Waals surface area contributed by atoms with Crippen LogP contribution in [0.2, 0.25) is 0 Å². The zero-order chi connectivity index (χ0) is 21.5. The molecule has 0 bridgehead atoms. The minimum absolute atomic E-state index is 0.0349. The van der Waals surface area contributed by atoms with E-state index in [9.17, 15) is 9.90 Å². The summed E-state index contributed by atoms with van der Waals surface area (Å²) in [5, 5.41) is 17.1. The maximum Gasteiger partial charge on any atom is 0.233 e. The number of hydrogen-bond acceptors (Lipinski definition) is 6. The number of benzene rings is 2. The number of anilines is 1. The van der Waals surface area contributed by atoms with Crippen molar-refractivity contribution in [3.63, 3.8) is 0 Å². The topological polar surface area (TPSA) is 84.6 Å². The molecule has 0 saturated carbocycles. The first-order chi connectivity index (χ1) is 15.1. The van der Waals surface area contributed by atoms with Crippen LogP contribution in [0, 0.1) is 6.92 Å². The Balaban J connectivity index is 1.63. The van der Waals surface area contributed by atoms with Crippen molar-refractivity contribution in [1.82, 2.24) is 5.16 Å². The number of para-hydroxylation sites is 1. The predicted octanol–water partition coefficient (Wildman–Crippen LogP) is 5.05. The predicted molar refractivity (Wildman–Crippen MR) is 116 cm³/mol. The lowest BCUT2D eigenvalue weighted by atomic mass is 9.72. The van der Waals surface area contributed by atoms with Crippen molar-refractivity contribution in [2.24, 2.45) is 0 Å². The van der Waals surface area contributed by atoms with Crippen LogP contribution in [-0.4, -0.2) is 22.7 Å². The van der Waals surface area contributed by atoms with Crippen molar-refractivity contribution in [2.75, 3.05) is 11.9 Å². The van der Waals surface area contributed by atoms with Crippen LogP contribution in [0.5, 0.6) is 11.5 Å². The van der Waals surface area contributed by atoms with Crippen molar-refractivity contribution in [3.8, 4) is 11.5 Å². The van der Waals surface area contributed by atoms with Gasteiger partial charge in [0.2, 0.25) is 5.88 Å². The molecule has 2 heterocycles. The van der Waals surface area contributed by atoms with Gasteiger partial charge in [0.1, 0.15) is 11.5 Å². The lowest BCUT2D eigenvalue weighted by Gasteiger charge is -2.35. The summed E-state index contributed by atoms with van der Waals surface area (Å²) in [5.41, 5.74) is 5.27. The number of ketones is 1. The number of ether oxygens (including phenoxy) is 1. The van der Waals surface area contributed by atoms with E-state index in [2.05, 4.69) is 10.5 Å². The molecule has 158 valence electrons. The Kier molecular flexibility index (Phi) is 4.77. The molecule has 6 nitrogen and oxygen atoms in total. The third kappa shape index (κ3) is 3.28. The maximum absolute atomic E-state index is 13.5. The number of phenols is 1. The summed E-state index contributed by atoms with van der Waals surface area (Å²) in [6, 6.07) is 15.0. The zero-order valence-electron chi connectivity index (χ0n) is 17.5. The van der Waals surface area contributed by atoms with Crippen LogP contribution < -0.4 is 10.1 Å². The van der Waals surface area contributed by atoms with Crippen LogP contribution >= 0.6 is 0 Å². The summed E-state index contributed by atoms with van der Waals surface area (Å²) in [7, 11) is 0. The van der Waals surface area contributed by atoms with Gasteiger partial charge in [0.15, 0.2) is 5.78 Å². The number of carbonyl (C=O) groups excluding carboxylic acids is 1. The lowest BCUT2D eigenvalue weighted by Crippen LogP contribution is -2.29. The molecule has 0 amide bonds. The minimum atomic E-state index is -0.284. The summed E-state index contributed by atoms with van der Waals surface area (Å²) in [4.78, 5) is 13.5. The van der Waals surface area contributed by atoms with Crippen LogP contribution in [-0.2, 0) is 4.79 Å². The second kappa shape index (κ2) is 7.61. The van der Waals surface area contributed by atoms with Crippen molar-refractivity contribution < 1.29 is 19.2 Å². The zero-order valence-corrected chi connectivity index (χ0v) is 17.5. The van der Waals surface area contributed by atoms with Crippen LogP contribution in [0.15, 0.2) is 64.3 Å². The van der Waals surface area contributed by atoms with Gasteiger partial charge >= 0.3 is 0 Å². The second-order valence-corrected chi connectivity index (χ2v) is 8.05. The number of fused-ring (bicyclic) bond motifs is 1. The average molecular weight is 416 g/mol. The maximum atomic E-state index is 13.5. The van der Waals surface area contributed by atoms with Crippen LogP contribution in [0.3, 0.4) is 0 Å². The molecular formula is C25H24N2O4. The fourth-order valence-electron chi connectivity index (χ4n) is 4.77. The van der Waals surface area contributed by atoms with Crippen LogP contribution in [0.25, 0.3) is 0 Å². The van der Waals surface area contributed by atoms with E-state index in [1.807, 2.05) is 50.2 Å². The van der Waals surface area contributed by atoms with E-state index in [4.69, 9.17) is 9.26 Å². The molecule has 5 rings (SSSR count). The molecule has 0 radical (unpaired) electrons. The fraction of sp³-hybridized carbons (Fsp3) is 0.280. The number of nitrogens with zero attached hydrogens (tertiary/aromatic N) is 1. The van der Waals surface area contributed by atoms with Gasteiger partial charge in [-0.3, -0.25) is 4.79 Å². The molecule has 3 aromatic rings. The number of Topliss-reactive ketones (excluding diaryl/α,β-unsaturated/α-hetero) is 1. The van der Waals surface area contributed by atoms with Gasteiger partial charge < -0.3 is 19.7 Å². The quantitative estimate of drug-likeness (QED) is 0.619. The number of aromatic hydroxyl groups is 1. The van der Waals surface area contributed by atoms with E-state index in [1.165, 1.54) is 0 Å². The van der Waals surface area contributed by atoms with Gasteiger partial charge in [0.05, 0.1) is 23.8 Å². The van der Waals surface area contributed by atoms with E-state index < -0.39 is 0 Å². The fourth-order valence-corrected chi connectivity index (χ4v) is 4.77. The monoisotopic (exact) mass is 416 g/mol. The highest BCUT2D eigenvalue weighted by molar-refractivity contribution is 6.01. The van der Waals surface area contributed by atoms with Crippen molar-refractivity contribution >= 4 is 11.7 Å². The molecule has 2 N–H and O–H groups in total. The molecule has 0 fully saturated rings. The molecule has 1 aromatic heterocycles. The normalized spacial score (nSPS) is 20.1. The Morgan fingerprint density at radius 2 is 1.94 bits per heavy atom. The number of phenolic OH excluding ortho intramolecular Hbond substituents is 1. The molecule has 31 heavy (non-hydrogen) atoms. The van der Waals surface area contributed by atoms with E-state index in [1.54, 1.807) is 12.1 Å². The smallest absolute Gasteiger partial charge is 0.233 e. The molecule has 1 aliphatic heterocycles. The van der Waals surface area contributed by atoms with Gasteiger partial charge in [-0.2, -0.15) is 0 Å². The molecule has 2 aliphatic rings. The summed E-state index contributed by atoms with van der Waals surface area (Å²) in [6.07, 6.45) is 1.09. The number of aryl methyl sites for hydroxylation is 1. The standard InChI is InChI=1S/C25H24N2O4/c1-3-30-21-7-5-4-6-18(21)23-22-14(2)27-31-25(22)26-19-12-16(13-20(29)24(19)23)15-8-10-17(28)11-9-15/h4-11,16,23,26,28H,3,12-13H2,1-2H3/t16-,23-/m1/s1. The number of allylic oxidation sites excluding steroid dienone is 2. The number of aromatic nitrogens is 1. The Hall–Kier alpha value is -3.54. The SMILES string of the molecule is CCOc1ccccc1[C@H]1C2=C(C[C@@H](c3ccc(O)cc3)CC2=O)Nc2onc(C)c21. The number of rotatable bonds is 4. The summed E-state index contributed by atoms with van der Waals surface area (Å²) < 4.78 is 11.5. The highest BCUT2D eigenvalue weighted by Gasteiger charge is 2.42. The Morgan fingerprint density at radius 1 is 1.16 bits per heavy atom. The van der Waals surface area contributed by atoms with Crippen molar-refractivity contribution in [2.45, 2.75) is 38.5 Å². The van der Waals surface area contributed by atoms with Crippen molar-refractivity contribution in [3.05, 3.63) is 82.2 Å². The number of carbonyl (C=O) groups is 1. The lowest BCUT2D eigenvalue weighted by molar-refractivity contribution is -0.116. The Morgan fingerprint density at radius 3 is 2.71 bits per heavy atom.